The first-order chi connectivity index (χ1) is 8.74. The lowest BCUT2D eigenvalue weighted by Gasteiger charge is -2.33. The SMILES string of the molecule is CC1CCC(C(=O)N2CCn3cnnc3C2)CC1. The Bertz CT molecular complexity index is 434. The van der Waals surface area contributed by atoms with Gasteiger partial charge >= 0.3 is 0 Å². The summed E-state index contributed by atoms with van der Waals surface area (Å²) in [6, 6.07) is 0. The summed E-state index contributed by atoms with van der Waals surface area (Å²) in [4.78, 5) is 14.4. The molecule has 0 radical (unpaired) electrons. The van der Waals surface area contributed by atoms with Crippen molar-refractivity contribution >= 4 is 5.91 Å². The number of rotatable bonds is 1. The molecule has 1 amide bonds. The maximum absolute atomic E-state index is 12.5. The second-order valence-corrected chi connectivity index (χ2v) is 5.66. The van der Waals surface area contributed by atoms with E-state index in [0.717, 1.165) is 37.7 Å². The van der Waals surface area contributed by atoms with Crippen LogP contribution in [0.2, 0.25) is 0 Å². The summed E-state index contributed by atoms with van der Waals surface area (Å²) in [5, 5.41) is 7.96. The normalized spacial score (nSPS) is 27.9. The van der Waals surface area contributed by atoms with Gasteiger partial charge in [0.25, 0.3) is 0 Å². The fourth-order valence-electron chi connectivity index (χ4n) is 3.02. The molecule has 18 heavy (non-hydrogen) atoms. The van der Waals surface area contributed by atoms with Crippen LogP contribution in [0.15, 0.2) is 6.33 Å². The van der Waals surface area contributed by atoms with Crippen molar-refractivity contribution in [2.45, 2.75) is 45.7 Å². The third-order valence-electron chi connectivity index (χ3n) is 4.32. The van der Waals surface area contributed by atoms with Crippen molar-refractivity contribution in [2.75, 3.05) is 6.54 Å². The summed E-state index contributed by atoms with van der Waals surface area (Å²) >= 11 is 0. The number of carbonyl (C=O) groups is 1. The van der Waals surface area contributed by atoms with E-state index in [1.165, 1.54) is 12.8 Å². The Morgan fingerprint density at radius 1 is 1.28 bits per heavy atom. The maximum atomic E-state index is 12.5. The van der Waals surface area contributed by atoms with Crippen molar-refractivity contribution < 1.29 is 4.79 Å². The van der Waals surface area contributed by atoms with Crippen LogP contribution < -0.4 is 0 Å². The smallest absolute Gasteiger partial charge is 0.226 e. The van der Waals surface area contributed by atoms with Gasteiger partial charge in [0.2, 0.25) is 5.91 Å². The molecule has 1 aliphatic carbocycles. The fraction of sp³-hybridized carbons (Fsp3) is 0.769. The average molecular weight is 248 g/mol. The standard InChI is InChI=1S/C13H20N4O/c1-10-2-4-11(5-3-10)13(18)16-6-7-17-9-14-15-12(17)8-16/h9-11H,2-8H2,1H3. The number of nitrogens with zero attached hydrogens (tertiary/aromatic N) is 4. The monoisotopic (exact) mass is 248 g/mol. The number of hydrogen-bond donors (Lipinski definition) is 0. The van der Waals surface area contributed by atoms with Gasteiger partial charge in [-0.1, -0.05) is 6.92 Å². The van der Waals surface area contributed by atoms with Gasteiger partial charge in [-0.05, 0) is 31.6 Å². The lowest BCUT2D eigenvalue weighted by atomic mass is 9.82. The molecule has 0 bridgehead atoms. The molecule has 0 aromatic carbocycles. The molecule has 5 heteroatoms. The van der Waals surface area contributed by atoms with Gasteiger partial charge in [0.1, 0.15) is 6.33 Å². The van der Waals surface area contributed by atoms with Gasteiger partial charge in [-0.3, -0.25) is 4.79 Å². The van der Waals surface area contributed by atoms with Gasteiger partial charge in [-0.25, -0.2) is 0 Å². The quantitative estimate of drug-likeness (QED) is 0.755. The summed E-state index contributed by atoms with van der Waals surface area (Å²) < 4.78 is 2.03. The third-order valence-corrected chi connectivity index (χ3v) is 4.32. The average Bonchev–Trinajstić information content (AvgIpc) is 2.86. The summed E-state index contributed by atoms with van der Waals surface area (Å²) in [6.45, 7) is 4.54. The van der Waals surface area contributed by atoms with E-state index in [1.54, 1.807) is 6.33 Å². The van der Waals surface area contributed by atoms with Crippen LogP contribution in [0.4, 0.5) is 0 Å². The van der Waals surface area contributed by atoms with Crippen molar-refractivity contribution in [1.82, 2.24) is 19.7 Å². The Kier molecular flexibility index (Phi) is 3.06. The molecule has 2 heterocycles. The van der Waals surface area contributed by atoms with Crippen molar-refractivity contribution in [3.8, 4) is 0 Å². The molecule has 0 spiro atoms. The van der Waals surface area contributed by atoms with Gasteiger partial charge in [-0.15, -0.1) is 10.2 Å². The largest absolute Gasteiger partial charge is 0.333 e. The number of hydrogen-bond acceptors (Lipinski definition) is 3. The van der Waals surface area contributed by atoms with E-state index in [1.807, 2.05) is 9.47 Å². The second kappa shape index (κ2) is 4.71. The summed E-state index contributed by atoms with van der Waals surface area (Å²) in [5.74, 6) is 2.28. The predicted octanol–water partition coefficient (Wildman–Crippen LogP) is 1.45. The Balaban J connectivity index is 1.64. The molecular formula is C13H20N4O. The van der Waals surface area contributed by atoms with Crippen LogP contribution >= 0.6 is 0 Å². The first-order valence-corrected chi connectivity index (χ1v) is 6.89. The Morgan fingerprint density at radius 2 is 2.06 bits per heavy atom. The van der Waals surface area contributed by atoms with Crippen molar-refractivity contribution in [2.24, 2.45) is 11.8 Å². The van der Waals surface area contributed by atoms with E-state index in [2.05, 4.69) is 17.1 Å². The fourth-order valence-corrected chi connectivity index (χ4v) is 3.02. The highest BCUT2D eigenvalue weighted by Crippen LogP contribution is 2.30. The third kappa shape index (κ3) is 2.13. The molecule has 98 valence electrons. The Morgan fingerprint density at radius 3 is 2.83 bits per heavy atom. The molecule has 5 nitrogen and oxygen atoms in total. The molecule has 1 aliphatic heterocycles. The van der Waals surface area contributed by atoms with Gasteiger partial charge in [0.15, 0.2) is 5.82 Å². The predicted molar refractivity (Wildman–Crippen MR) is 66.6 cm³/mol. The van der Waals surface area contributed by atoms with Crippen LogP contribution in [0.1, 0.15) is 38.4 Å². The van der Waals surface area contributed by atoms with E-state index in [9.17, 15) is 4.79 Å². The van der Waals surface area contributed by atoms with Crippen LogP contribution in [-0.2, 0) is 17.9 Å². The summed E-state index contributed by atoms with van der Waals surface area (Å²) in [7, 11) is 0. The highest BCUT2D eigenvalue weighted by Gasteiger charge is 2.30. The highest BCUT2D eigenvalue weighted by atomic mass is 16.2. The lowest BCUT2D eigenvalue weighted by molar-refractivity contribution is -0.138. The first-order valence-electron chi connectivity index (χ1n) is 6.89. The molecule has 1 aromatic heterocycles. The van der Waals surface area contributed by atoms with E-state index in [4.69, 9.17) is 0 Å². The molecule has 2 aliphatic rings. The first kappa shape index (κ1) is 11.7. The molecule has 0 unspecified atom stereocenters. The number of amides is 1. The molecule has 0 N–H and O–H groups in total. The van der Waals surface area contributed by atoms with Crippen molar-refractivity contribution in [1.29, 1.82) is 0 Å². The van der Waals surface area contributed by atoms with E-state index >= 15 is 0 Å². The van der Waals surface area contributed by atoms with Gasteiger partial charge in [0, 0.05) is 19.0 Å². The number of aromatic nitrogens is 3. The second-order valence-electron chi connectivity index (χ2n) is 5.66. The molecule has 1 fully saturated rings. The molecule has 1 aromatic rings. The van der Waals surface area contributed by atoms with Gasteiger partial charge in [-0.2, -0.15) is 0 Å². The van der Waals surface area contributed by atoms with E-state index < -0.39 is 0 Å². The molecule has 3 rings (SSSR count). The molecule has 0 saturated heterocycles. The lowest BCUT2D eigenvalue weighted by Crippen LogP contribution is -2.42. The molecule has 0 atom stereocenters. The molecular weight excluding hydrogens is 228 g/mol. The zero-order valence-electron chi connectivity index (χ0n) is 10.9. The minimum absolute atomic E-state index is 0.246. The topological polar surface area (TPSA) is 51.0 Å². The minimum Gasteiger partial charge on any atom is -0.333 e. The van der Waals surface area contributed by atoms with Crippen LogP contribution in [0.5, 0.6) is 0 Å². The summed E-state index contributed by atoms with van der Waals surface area (Å²) in [6.07, 6.45) is 6.26. The zero-order chi connectivity index (χ0) is 12.5. The van der Waals surface area contributed by atoms with Crippen LogP contribution in [0.3, 0.4) is 0 Å². The van der Waals surface area contributed by atoms with Crippen LogP contribution in [-0.4, -0.2) is 32.1 Å². The summed E-state index contributed by atoms with van der Waals surface area (Å²) in [5.41, 5.74) is 0. The molecule has 1 saturated carbocycles. The van der Waals surface area contributed by atoms with Crippen LogP contribution in [0, 0.1) is 11.8 Å². The van der Waals surface area contributed by atoms with Gasteiger partial charge < -0.3 is 9.47 Å². The number of fused-ring (bicyclic) bond motifs is 1. The van der Waals surface area contributed by atoms with Crippen molar-refractivity contribution in [3.63, 3.8) is 0 Å². The Hall–Kier alpha value is -1.39. The van der Waals surface area contributed by atoms with Crippen LogP contribution in [0.25, 0.3) is 0 Å². The minimum atomic E-state index is 0.246. The van der Waals surface area contributed by atoms with E-state index in [0.29, 0.717) is 12.5 Å². The maximum Gasteiger partial charge on any atom is 0.226 e. The van der Waals surface area contributed by atoms with Crippen molar-refractivity contribution in [3.05, 3.63) is 12.2 Å². The zero-order valence-corrected chi connectivity index (χ0v) is 10.9. The van der Waals surface area contributed by atoms with Gasteiger partial charge in [0.05, 0.1) is 6.54 Å². The van der Waals surface area contributed by atoms with E-state index in [-0.39, 0.29) is 5.92 Å². The number of carbonyl (C=O) groups excluding carboxylic acids is 1. The highest BCUT2D eigenvalue weighted by molar-refractivity contribution is 5.79. The Labute approximate surface area is 107 Å².